The second-order valence-electron chi connectivity index (χ2n) is 5.96. The van der Waals surface area contributed by atoms with Crippen molar-refractivity contribution in [3.63, 3.8) is 0 Å². The molecule has 1 atom stereocenters. The fraction of sp³-hybridized carbons (Fsp3) is 0.250. The summed E-state index contributed by atoms with van der Waals surface area (Å²) < 4.78 is 0. The van der Waals surface area contributed by atoms with Gasteiger partial charge in [-0.3, -0.25) is 9.59 Å². The van der Waals surface area contributed by atoms with Crippen molar-refractivity contribution in [3.8, 4) is 0 Å². The number of carboxylic acid groups (broad SMARTS) is 1. The number of carbonyl (C=O) groups excluding carboxylic acids is 2. The van der Waals surface area contributed by atoms with Gasteiger partial charge >= 0.3 is 5.97 Å². The zero-order valence-electron chi connectivity index (χ0n) is 15.2. The summed E-state index contributed by atoms with van der Waals surface area (Å²) in [5, 5.41) is 14.2. The highest BCUT2D eigenvalue weighted by molar-refractivity contribution is 8.00. The molecule has 3 N–H and O–H groups in total. The molecule has 0 spiro atoms. The Hall–Kier alpha value is -2.80. The van der Waals surface area contributed by atoms with Crippen LogP contribution in [-0.4, -0.2) is 28.1 Å². The second-order valence-corrected chi connectivity index (χ2v) is 7.38. The fourth-order valence-corrected chi connectivity index (χ4v) is 3.26. The summed E-state index contributed by atoms with van der Waals surface area (Å²) in [5.41, 5.74) is 1.25. The van der Waals surface area contributed by atoms with Crippen LogP contribution in [0.3, 0.4) is 0 Å². The maximum absolute atomic E-state index is 12.4. The molecule has 6 nitrogen and oxygen atoms in total. The van der Waals surface area contributed by atoms with E-state index in [-0.39, 0.29) is 17.4 Å². The first kappa shape index (κ1) is 20.5. The third-order valence-electron chi connectivity index (χ3n) is 3.65. The van der Waals surface area contributed by atoms with Crippen molar-refractivity contribution in [3.05, 3.63) is 54.1 Å². The predicted octanol–water partition coefficient (Wildman–Crippen LogP) is 4.24. The van der Waals surface area contributed by atoms with Crippen LogP contribution in [0.1, 0.15) is 37.0 Å². The summed E-state index contributed by atoms with van der Waals surface area (Å²) in [6, 6.07) is 13.4. The maximum atomic E-state index is 12.4. The Morgan fingerprint density at radius 1 is 1.04 bits per heavy atom. The SMILES string of the molecule is CCCC(=O)Nc1cccc(SC(C)C(=O)Nc2cccc(C(=O)O)c2)c1. The van der Waals surface area contributed by atoms with Crippen LogP contribution in [0.25, 0.3) is 0 Å². The predicted molar refractivity (Wildman–Crippen MR) is 107 cm³/mol. The standard InChI is InChI=1S/C20H22N2O4S/c1-3-6-18(23)21-16-9-5-10-17(12-16)27-13(2)19(24)22-15-8-4-7-14(11-15)20(25)26/h4-5,7-13H,3,6H2,1-2H3,(H,21,23)(H,22,24)(H,25,26). The second kappa shape index (κ2) is 9.78. The molecule has 7 heteroatoms. The molecule has 142 valence electrons. The summed E-state index contributed by atoms with van der Waals surface area (Å²) >= 11 is 1.36. The van der Waals surface area contributed by atoms with Gasteiger partial charge in [0.2, 0.25) is 11.8 Å². The molecule has 0 aromatic heterocycles. The molecule has 0 radical (unpaired) electrons. The quantitative estimate of drug-likeness (QED) is 0.590. The number of carbonyl (C=O) groups is 3. The molecular weight excluding hydrogens is 364 g/mol. The summed E-state index contributed by atoms with van der Waals surface area (Å²) in [4.78, 5) is 36.0. The van der Waals surface area contributed by atoms with Gasteiger partial charge in [0.1, 0.15) is 0 Å². The average molecular weight is 386 g/mol. The van der Waals surface area contributed by atoms with Gasteiger partial charge in [-0.2, -0.15) is 0 Å². The Labute approximate surface area is 162 Å². The third kappa shape index (κ3) is 6.45. The van der Waals surface area contributed by atoms with Crippen LogP contribution in [0.4, 0.5) is 11.4 Å². The normalized spacial score (nSPS) is 11.5. The first-order chi connectivity index (χ1) is 12.9. The van der Waals surface area contributed by atoms with Crippen LogP contribution in [0.2, 0.25) is 0 Å². The van der Waals surface area contributed by atoms with E-state index in [1.165, 1.54) is 23.9 Å². The minimum atomic E-state index is -1.05. The highest BCUT2D eigenvalue weighted by atomic mass is 32.2. The van der Waals surface area contributed by atoms with Gasteiger partial charge in [0.05, 0.1) is 10.8 Å². The molecule has 0 aliphatic carbocycles. The van der Waals surface area contributed by atoms with Crippen molar-refractivity contribution in [1.82, 2.24) is 0 Å². The van der Waals surface area contributed by atoms with E-state index in [1.54, 1.807) is 25.1 Å². The molecule has 0 bridgehead atoms. The molecule has 1 unspecified atom stereocenters. The Balaban J connectivity index is 1.99. The van der Waals surface area contributed by atoms with E-state index in [1.807, 2.05) is 25.1 Å². The zero-order chi connectivity index (χ0) is 19.8. The first-order valence-corrected chi connectivity index (χ1v) is 9.47. The highest BCUT2D eigenvalue weighted by Gasteiger charge is 2.15. The minimum Gasteiger partial charge on any atom is -0.478 e. The number of nitrogens with one attached hydrogen (secondary N) is 2. The van der Waals surface area contributed by atoms with Gasteiger partial charge in [-0.25, -0.2) is 4.79 Å². The topological polar surface area (TPSA) is 95.5 Å². The van der Waals surface area contributed by atoms with Crippen LogP contribution in [0.15, 0.2) is 53.4 Å². The summed E-state index contributed by atoms with van der Waals surface area (Å²) in [7, 11) is 0. The average Bonchev–Trinajstić information content (AvgIpc) is 2.62. The van der Waals surface area contributed by atoms with Crippen molar-refractivity contribution in [2.75, 3.05) is 10.6 Å². The van der Waals surface area contributed by atoms with Crippen molar-refractivity contribution in [1.29, 1.82) is 0 Å². The lowest BCUT2D eigenvalue weighted by molar-refractivity contribution is -0.116. The van der Waals surface area contributed by atoms with Gasteiger partial charge in [0.25, 0.3) is 0 Å². The lowest BCUT2D eigenvalue weighted by Crippen LogP contribution is -2.22. The Kier molecular flexibility index (Phi) is 7.43. The maximum Gasteiger partial charge on any atom is 0.335 e. The van der Waals surface area contributed by atoms with E-state index < -0.39 is 11.2 Å². The van der Waals surface area contributed by atoms with Crippen LogP contribution in [0.5, 0.6) is 0 Å². The largest absolute Gasteiger partial charge is 0.478 e. The molecule has 2 amide bonds. The molecule has 2 aromatic carbocycles. The zero-order valence-corrected chi connectivity index (χ0v) is 16.0. The number of carboxylic acids is 1. The number of anilines is 2. The van der Waals surface area contributed by atoms with Crippen molar-refractivity contribution in [2.24, 2.45) is 0 Å². The molecular formula is C20H22N2O4S. The number of benzene rings is 2. The molecule has 0 saturated heterocycles. The van der Waals surface area contributed by atoms with Crippen molar-refractivity contribution < 1.29 is 19.5 Å². The summed E-state index contributed by atoms with van der Waals surface area (Å²) in [6.07, 6.45) is 1.24. The molecule has 2 aromatic rings. The van der Waals surface area contributed by atoms with E-state index in [4.69, 9.17) is 5.11 Å². The molecule has 2 rings (SSSR count). The van der Waals surface area contributed by atoms with Gasteiger partial charge < -0.3 is 15.7 Å². The van der Waals surface area contributed by atoms with Gasteiger partial charge in [-0.15, -0.1) is 11.8 Å². The number of hydrogen-bond donors (Lipinski definition) is 3. The van der Waals surface area contributed by atoms with Gasteiger partial charge in [0, 0.05) is 22.7 Å². The van der Waals surface area contributed by atoms with E-state index in [2.05, 4.69) is 10.6 Å². The van der Waals surface area contributed by atoms with Gasteiger partial charge in [-0.1, -0.05) is 19.1 Å². The molecule has 0 aliphatic heterocycles. The van der Waals surface area contributed by atoms with Crippen molar-refractivity contribution in [2.45, 2.75) is 36.8 Å². The molecule has 0 heterocycles. The Morgan fingerprint density at radius 2 is 1.70 bits per heavy atom. The van der Waals surface area contributed by atoms with E-state index in [9.17, 15) is 14.4 Å². The number of aromatic carboxylic acids is 1. The van der Waals surface area contributed by atoms with Crippen LogP contribution < -0.4 is 10.6 Å². The number of rotatable bonds is 8. The van der Waals surface area contributed by atoms with Gasteiger partial charge in [0.15, 0.2) is 0 Å². The Morgan fingerprint density at radius 3 is 2.37 bits per heavy atom. The lowest BCUT2D eigenvalue weighted by Gasteiger charge is -2.13. The molecule has 0 aliphatic rings. The summed E-state index contributed by atoms with van der Waals surface area (Å²) in [6.45, 7) is 3.71. The smallest absolute Gasteiger partial charge is 0.335 e. The van der Waals surface area contributed by atoms with E-state index >= 15 is 0 Å². The fourth-order valence-electron chi connectivity index (χ4n) is 2.33. The first-order valence-electron chi connectivity index (χ1n) is 8.60. The lowest BCUT2D eigenvalue weighted by atomic mass is 10.2. The number of thioether (sulfide) groups is 1. The van der Waals surface area contributed by atoms with Crippen LogP contribution in [0, 0.1) is 0 Å². The van der Waals surface area contributed by atoms with Crippen molar-refractivity contribution >= 4 is 40.9 Å². The van der Waals surface area contributed by atoms with Crippen LogP contribution in [-0.2, 0) is 9.59 Å². The van der Waals surface area contributed by atoms with Crippen LogP contribution >= 0.6 is 11.8 Å². The van der Waals surface area contributed by atoms with E-state index in [0.29, 0.717) is 17.8 Å². The minimum absolute atomic E-state index is 0.0382. The monoisotopic (exact) mass is 386 g/mol. The highest BCUT2D eigenvalue weighted by Crippen LogP contribution is 2.27. The third-order valence-corrected chi connectivity index (χ3v) is 4.75. The summed E-state index contributed by atoms with van der Waals surface area (Å²) in [5.74, 6) is -1.32. The number of hydrogen-bond acceptors (Lipinski definition) is 4. The van der Waals surface area contributed by atoms with E-state index in [0.717, 1.165) is 11.3 Å². The molecule has 0 fully saturated rings. The molecule has 27 heavy (non-hydrogen) atoms. The Bertz CT molecular complexity index is 838. The molecule has 0 saturated carbocycles. The number of amides is 2. The van der Waals surface area contributed by atoms with Gasteiger partial charge in [-0.05, 0) is 49.7 Å².